The van der Waals surface area contributed by atoms with E-state index >= 15 is 0 Å². The van der Waals surface area contributed by atoms with Gasteiger partial charge in [-0.15, -0.1) is 0 Å². The number of piperidine rings is 1. The van der Waals surface area contributed by atoms with Crippen LogP contribution in [0.15, 0.2) is 54.6 Å². The highest BCUT2D eigenvalue weighted by Gasteiger charge is 2.31. The molecule has 7 nitrogen and oxygen atoms in total. The SMILES string of the molecule is CN(Cc1ccccc1)C(=O)c1ccc(NC(=O)C2CCCN(C(=O)OC(C)(C)C)C2)cc1. The molecule has 1 atom stereocenters. The van der Waals surface area contributed by atoms with Gasteiger partial charge in [0, 0.05) is 37.9 Å². The van der Waals surface area contributed by atoms with E-state index in [4.69, 9.17) is 4.74 Å². The smallest absolute Gasteiger partial charge is 0.410 e. The molecule has 2 aromatic rings. The molecule has 33 heavy (non-hydrogen) atoms. The lowest BCUT2D eigenvalue weighted by atomic mass is 9.97. The molecule has 7 heteroatoms. The van der Waals surface area contributed by atoms with Crippen LogP contribution in [0.25, 0.3) is 0 Å². The number of anilines is 1. The minimum atomic E-state index is -0.569. The van der Waals surface area contributed by atoms with E-state index in [1.807, 2.05) is 51.1 Å². The van der Waals surface area contributed by atoms with Gasteiger partial charge >= 0.3 is 6.09 Å². The molecule has 0 aromatic heterocycles. The van der Waals surface area contributed by atoms with Gasteiger partial charge in [0.1, 0.15) is 5.60 Å². The minimum Gasteiger partial charge on any atom is -0.444 e. The number of amides is 3. The van der Waals surface area contributed by atoms with Crippen LogP contribution >= 0.6 is 0 Å². The number of likely N-dealkylation sites (tertiary alicyclic amines) is 1. The van der Waals surface area contributed by atoms with E-state index < -0.39 is 5.60 Å². The second-order valence-corrected chi connectivity index (χ2v) is 9.48. The molecule has 1 aliphatic rings. The molecule has 176 valence electrons. The topological polar surface area (TPSA) is 79.0 Å². The summed E-state index contributed by atoms with van der Waals surface area (Å²) in [7, 11) is 1.77. The Hall–Kier alpha value is -3.35. The number of nitrogens with zero attached hydrogens (tertiary/aromatic N) is 2. The maximum Gasteiger partial charge on any atom is 0.410 e. The lowest BCUT2D eigenvalue weighted by Gasteiger charge is -2.33. The van der Waals surface area contributed by atoms with E-state index in [9.17, 15) is 14.4 Å². The zero-order chi connectivity index (χ0) is 24.0. The second kappa shape index (κ2) is 10.5. The van der Waals surface area contributed by atoms with Crippen molar-refractivity contribution in [3.8, 4) is 0 Å². The van der Waals surface area contributed by atoms with Crippen LogP contribution in [0, 0.1) is 5.92 Å². The van der Waals surface area contributed by atoms with E-state index in [1.165, 1.54) is 0 Å². The van der Waals surface area contributed by atoms with Gasteiger partial charge in [-0.25, -0.2) is 4.79 Å². The summed E-state index contributed by atoms with van der Waals surface area (Å²) in [6.45, 7) is 6.92. The number of rotatable bonds is 5. The summed E-state index contributed by atoms with van der Waals surface area (Å²) in [6.07, 6.45) is 1.08. The fraction of sp³-hybridized carbons (Fsp3) is 0.423. The largest absolute Gasteiger partial charge is 0.444 e. The first kappa shape index (κ1) is 24.3. The summed E-state index contributed by atoms with van der Waals surface area (Å²) in [6, 6.07) is 16.7. The normalized spacial score (nSPS) is 16.1. The molecule has 1 unspecified atom stereocenters. The summed E-state index contributed by atoms with van der Waals surface area (Å²) in [5, 5.41) is 2.91. The van der Waals surface area contributed by atoms with Crippen molar-refractivity contribution < 1.29 is 19.1 Å². The first-order chi connectivity index (χ1) is 15.6. The zero-order valence-electron chi connectivity index (χ0n) is 19.8. The lowest BCUT2D eigenvalue weighted by Crippen LogP contribution is -2.45. The summed E-state index contributed by atoms with van der Waals surface area (Å²) >= 11 is 0. The van der Waals surface area contributed by atoms with Crippen molar-refractivity contribution in [2.75, 3.05) is 25.5 Å². The van der Waals surface area contributed by atoms with Crippen molar-refractivity contribution >= 4 is 23.6 Å². The number of ether oxygens (including phenoxy) is 1. The number of nitrogens with one attached hydrogen (secondary N) is 1. The molecule has 3 amide bonds. The van der Waals surface area contributed by atoms with Gasteiger partial charge < -0.3 is 19.9 Å². The first-order valence-electron chi connectivity index (χ1n) is 11.3. The van der Waals surface area contributed by atoms with Crippen LogP contribution < -0.4 is 5.32 Å². The summed E-state index contributed by atoms with van der Waals surface area (Å²) < 4.78 is 5.44. The quantitative estimate of drug-likeness (QED) is 0.724. The Morgan fingerprint density at radius 2 is 1.73 bits per heavy atom. The number of carbonyl (C=O) groups excluding carboxylic acids is 3. The van der Waals surface area contributed by atoms with Gasteiger partial charge in [-0.2, -0.15) is 0 Å². The van der Waals surface area contributed by atoms with Crippen molar-refractivity contribution in [1.29, 1.82) is 0 Å². The van der Waals surface area contributed by atoms with Gasteiger partial charge in [0.25, 0.3) is 5.91 Å². The molecule has 1 saturated heterocycles. The zero-order valence-corrected chi connectivity index (χ0v) is 19.8. The summed E-state index contributed by atoms with van der Waals surface area (Å²) in [5.41, 5.74) is 1.67. The molecule has 1 N–H and O–H groups in total. The van der Waals surface area contributed by atoms with Gasteiger partial charge in [-0.05, 0) is 63.4 Å². The predicted molar refractivity (Wildman–Crippen MR) is 128 cm³/mol. The Labute approximate surface area is 195 Å². The monoisotopic (exact) mass is 451 g/mol. The summed E-state index contributed by atoms with van der Waals surface area (Å²) in [5.74, 6) is -0.523. The van der Waals surface area contributed by atoms with Gasteiger partial charge in [0.05, 0.1) is 5.92 Å². The molecule has 1 fully saturated rings. The number of benzene rings is 2. The van der Waals surface area contributed by atoms with Crippen molar-refractivity contribution in [3.63, 3.8) is 0 Å². The van der Waals surface area contributed by atoms with Crippen LogP contribution in [-0.2, 0) is 16.1 Å². The van der Waals surface area contributed by atoms with Crippen molar-refractivity contribution in [2.45, 2.75) is 45.8 Å². The van der Waals surface area contributed by atoms with E-state index in [0.717, 1.165) is 12.0 Å². The van der Waals surface area contributed by atoms with E-state index in [2.05, 4.69) is 5.32 Å². The van der Waals surface area contributed by atoms with E-state index in [1.54, 1.807) is 41.1 Å². The van der Waals surface area contributed by atoms with Gasteiger partial charge in [0.2, 0.25) is 5.91 Å². The number of hydrogen-bond donors (Lipinski definition) is 1. The molecule has 0 bridgehead atoms. The van der Waals surface area contributed by atoms with Crippen LogP contribution in [0.4, 0.5) is 10.5 Å². The Kier molecular flexibility index (Phi) is 7.74. The van der Waals surface area contributed by atoms with Crippen molar-refractivity contribution in [3.05, 3.63) is 65.7 Å². The Morgan fingerprint density at radius 1 is 1.06 bits per heavy atom. The average molecular weight is 452 g/mol. The first-order valence-corrected chi connectivity index (χ1v) is 11.3. The fourth-order valence-corrected chi connectivity index (χ4v) is 3.77. The van der Waals surface area contributed by atoms with Crippen LogP contribution in [-0.4, -0.2) is 53.4 Å². The molecular weight excluding hydrogens is 418 g/mol. The van der Waals surface area contributed by atoms with Crippen molar-refractivity contribution in [1.82, 2.24) is 9.80 Å². The standard InChI is InChI=1S/C26H33N3O4/c1-26(2,3)33-25(32)29-16-8-11-21(18-29)23(30)27-22-14-12-20(13-15-22)24(31)28(4)17-19-9-6-5-7-10-19/h5-7,9-10,12-15,21H,8,11,16-18H2,1-4H3,(H,27,30). The van der Waals surface area contributed by atoms with Crippen LogP contribution in [0.1, 0.15) is 49.5 Å². The third-order valence-electron chi connectivity index (χ3n) is 5.45. The maximum atomic E-state index is 12.8. The van der Waals surface area contributed by atoms with Crippen LogP contribution in [0.5, 0.6) is 0 Å². The third kappa shape index (κ3) is 7.07. The molecule has 0 spiro atoms. The number of hydrogen-bond acceptors (Lipinski definition) is 4. The predicted octanol–water partition coefficient (Wildman–Crippen LogP) is 4.54. The lowest BCUT2D eigenvalue weighted by molar-refractivity contribution is -0.121. The fourth-order valence-electron chi connectivity index (χ4n) is 3.77. The summed E-state index contributed by atoms with van der Waals surface area (Å²) in [4.78, 5) is 41.1. The molecule has 0 saturated carbocycles. The molecular formula is C26H33N3O4. The highest BCUT2D eigenvalue weighted by molar-refractivity contribution is 5.96. The average Bonchev–Trinajstić information content (AvgIpc) is 2.78. The van der Waals surface area contributed by atoms with Gasteiger partial charge in [0.15, 0.2) is 0 Å². The molecule has 1 aliphatic heterocycles. The van der Waals surface area contributed by atoms with Gasteiger partial charge in [-0.3, -0.25) is 9.59 Å². The Bertz CT molecular complexity index is 967. The maximum absolute atomic E-state index is 12.8. The van der Waals surface area contributed by atoms with Crippen LogP contribution in [0.2, 0.25) is 0 Å². The Balaban J connectivity index is 1.55. The van der Waals surface area contributed by atoms with Crippen molar-refractivity contribution in [2.24, 2.45) is 5.92 Å². The molecule has 0 aliphatic carbocycles. The third-order valence-corrected chi connectivity index (χ3v) is 5.45. The number of carbonyl (C=O) groups is 3. The minimum absolute atomic E-state index is 0.0861. The van der Waals surface area contributed by atoms with Gasteiger partial charge in [-0.1, -0.05) is 30.3 Å². The molecule has 3 rings (SSSR count). The molecule has 1 heterocycles. The Morgan fingerprint density at radius 3 is 2.36 bits per heavy atom. The molecule has 0 radical (unpaired) electrons. The van der Waals surface area contributed by atoms with Crippen LogP contribution in [0.3, 0.4) is 0 Å². The highest BCUT2D eigenvalue weighted by Crippen LogP contribution is 2.21. The molecule has 2 aromatic carbocycles. The van der Waals surface area contributed by atoms with E-state index in [0.29, 0.717) is 37.3 Å². The van der Waals surface area contributed by atoms with E-state index in [-0.39, 0.29) is 23.8 Å². The second-order valence-electron chi connectivity index (χ2n) is 9.48. The highest BCUT2D eigenvalue weighted by atomic mass is 16.6.